The van der Waals surface area contributed by atoms with Crippen LogP contribution in [0.5, 0.6) is 0 Å². The predicted octanol–water partition coefficient (Wildman–Crippen LogP) is 6.44. The number of unbranched alkanes of at least 4 members (excludes halogenated alkanes) is 2. The molecule has 0 aromatic rings. The summed E-state index contributed by atoms with van der Waals surface area (Å²) in [7, 11) is -3.80. The van der Waals surface area contributed by atoms with E-state index in [1.54, 1.807) is 0 Å². The molecule has 2 unspecified atom stereocenters. The number of hydrogen-bond donors (Lipinski definition) is 1. The van der Waals surface area contributed by atoms with Crippen LogP contribution in [0.15, 0.2) is 60.8 Å². The summed E-state index contributed by atoms with van der Waals surface area (Å²) in [6.07, 6.45) is 29.7. The minimum absolute atomic E-state index is 0.119. The number of phosphoric ester groups is 1. The van der Waals surface area contributed by atoms with E-state index in [2.05, 4.69) is 72.2 Å². The SMILES string of the molecule is CC/C=C/C/C=C/C/C=C/C/C=C/C/C=C/CCCCOCC1COP(=O)(O)O1. The van der Waals surface area contributed by atoms with Crippen LogP contribution < -0.4 is 0 Å². The average molecular weight is 425 g/mol. The highest BCUT2D eigenvalue weighted by molar-refractivity contribution is 7.47. The second-order valence-electron chi connectivity index (χ2n) is 6.77. The number of ether oxygens (including phenoxy) is 1. The van der Waals surface area contributed by atoms with Crippen molar-refractivity contribution < 1.29 is 23.2 Å². The lowest BCUT2D eigenvalue weighted by Gasteiger charge is -2.07. The molecule has 0 spiro atoms. The molecule has 164 valence electrons. The monoisotopic (exact) mass is 424 g/mol. The first-order valence-corrected chi connectivity index (χ1v) is 12.1. The highest BCUT2D eigenvalue weighted by atomic mass is 31.2. The Bertz CT molecular complexity index is 592. The maximum absolute atomic E-state index is 11.1. The molecule has 1 rings (SSSR count). The van der Waals surface area contributed by atoms with Crippen LogP contribution in [-0.4, -0.2) is 30.8 Å². The van der Waals surface area contributed by atoms with Gasteiger partial charge in [0.05, 0.1) is 13.2 Å². The van der Waals surface area contributed by atoms with Gasteiger partial charge in [0.25, 0.3) is 0 Å². The van der Waals surface area contributed by atoms with Crippen LogP contribution in [0, 0.1) is 0 Å². The Morgan fingerprint density at radius 2 is 1.45 bits per heavy atom. The van der Waals surface area contributed by atoms with E-state index < -0.39 is 13.9 Å². The van der Waals surface area contributed by atoms with Gasteiger partial charge in [-0.1, -0.05) is 67.7 Å². The zero-order valence-corrected chi connectivity index (χ0v) is 18.6. The molecule has 6 heteroatoms. The van der Waals surface area contributed by atoms with Gasteiger partial charge in [-0.2, -0.15) is 0 Å². The van der Waals surface area contributed by atoms with E-state index in [9.17, 15) is 4.57 Å². The van der Waals surface area contributed by atoms with E-state index >= 15 is 0 Å². The first-order chi connectivity index (χ1) is 14.1. The molecule has 1 N–H and O–H groups in total. The Morgan fingerprint density at radius 3 is 1.97 bits per heavy atom. The number of hydrogen-bond acceptors (Lipinski definition) is 4. The summed E-state index contributed by atoms with van der Waals surface area (Å²) in [5.74, 6) is 0. The first kappa shape index (κ1) is 25.8. The number of allylic oxidation sites excluding steroid dienone is 10. The van der Waals surface area contributed by atoms with Crippen molar-refractivity contribution in [2.75, 3.05) is 19.8 Å². The summed E-state index contributed by atoms with van der Waals surface area (Å²) in [5.41, 5.74) is 0. The van der Waals surface area contributed by atoms with Crippen LogP contribution >= 0.6 is 7.82 Å². The zero-order valence-electron chi connectivity index (χ0n) is 17.7. The molecule has 0 aromatic heterocycles. The van der Waals surface area contributed by atoms with Crippen molar-refractivity contribution in [3.63, 3.8) is 0 Å². The van der Waals surface area contributed by atoms with Crippen molar-refractivity contribution in [3.05, 3.63) is 60.8 Å². The molecule has 0 aliphatic carbocycles. The summed E-state index contributed by atoms with van der Waals surface area (Å²) in [6, 6.07) is 0. The van der Waals surface area contributed by atoms with E-state index in [0.717, 1.165) is 51.4 Å². The van der Waals surface area contributed by atoms with Crippen molar-refractivity contribution in [1.82, 2.24) is 0 Å². The Balaban J connectivity index is 1.86. The number of phosphoric acid groups is 1. The summed E-state index contributed by atoms with van der Waals surface area (Å²) in [6.45, 7) is 3.19. The lowest BCUT2D eigenvalue weighted by Crippen LogP contribution is -2.17. The van der Waals surface area contributed by atoms with E-state index in [4.69, 9.17) is 14.2 Å². The highest BCUT2D eigenvalue weighted by Crippen LogP contribution is 2.49. The van der Waals surface area contributed by atoms with Crippen LogP contribution in [0.4, 0.5) is 0 Å². The Morgan fingerprint density at radius 1 is 0.897 bits per heavy atom. The number of rotatable bonds is 16. The van der Waals surface area contributed by atoms with Crippen molar-refractivity contribution in [2.45, 2.75) is 64.4 Å². The summed E-state index contributed by atoms with van der Waals surface area (Å²) < 4.78 is 26.0. The van der Waals surface area contributed by atoms with Gasteiger partial charge in [-0.05, 0) is 51.4 Å². The van der Waals surface area contributed by atoms with Gasteiger partial charge >= 0.3 is 7.82 Å². The molecule has 1 fully saturated rings. The molecular weight excluding hydrogens is 387 g/mol. The molecule has 29 heavy (non-hydrogen) atoms. The third-order valence-electron chi connectivity index (χ3n) is 4.08. The fourth-order valence-corrected chi connectivity index (χ4v) is 3.47. The second kappa shape index (κ2) is 17.6. The highest BCUT2D eigenvalue weighted by Gasteiger charge is 2.35. The lowest BCUT2D eigenvalue weighted by molar-refractivity contribution is 0.0557. The summed E-state index contributed by atoms with van der Waals surface area (Å²) >= 11 is 0. The van der Waals surface area contributed by atoms with Gasteiger partial charge in [-0.3, -0.25) is 9.05 Å². The molecular formula is C23H37O5P. The van der Waals surface area contributed by atoms with Gasteiger partial charge in [-0.15, -0.1) is 0 Å². The van der Waals surface area contributed by atoms with E-state index in [1.165, 1.54) is 0 Å². The van der Waals surface area contributed by atoms with Crippen molar-refractivity contribution >= 4 is 7.82 Å². The van der Waals surface area contributed by atoms with Crippen LogP contribution in [-0.2, 0) is 18.3 Å². The van der Waals surface area contributed by atoms with Crippen molar-refractivity contribution in [2.24, 2.45) is 0 Å². The molecule has 1 aliphatic heterocycles. The molecule has 0 bridgehead atoms. The zero-order chi connectivity index (χ0) is 21.0. The lowest BCUT2D eigenvalue weighted by atomic mass is 10.2. The fraction of sp³-hybridized carbons (Fsp3) is 0.565. The van der Waals surface area contributed by atoms with Gasteiger partial charge in [0.15, 0.2) is 0 Å². The smallest absolute Gasteiger partial charge is 0.379 e. The van der Waals surface area contributed by atoms with E-state index in [-0.39, 0.29) is 6.61 Å². The Labute approximate surface area is 176 Å². The normalized spacial score (nSPS) is 23.2. The van der Waals surface area contributed by atoms with Gasteiger partial charge in [0.2, 0.25) is 0 Å². The molecule has 0 aromatic carbocycles. The molecule has 1 aliphatic rings. The molecule has 0 radical (unpaired) electrons. The Kier molecular flexibility index (Phi) is 15.7. The minimum Gasteiger partial charge on any atom is -0.379 e. The maximum atomic E-state index is 11.1. The molecule has 5 nitrogen and oxygen atoms in total. The quantitative estimate of drug-likeness (QED) is 0.175. The fourth-order valence-electron chi connectivity index (χ4n) is 2.55. The van der Waals surface area contributed by atoms with Crippen LogP contribution in [0.2, 0.25) is 0 Å². The van der Waals surface area contributed by atoms with Crippen molar-refractivity contribution in [1.29, 1.82) is 0 Å². The van der Waals surface area contributed by atoms with Crippen LogP contribution in [0.3, 0.4) is 0 Å². The largest absolute Gasteiger partial charge is 0.472 e. The molecule has 1 saturated heterocycles. The van der Waals surface area contributed by atoms with Crippen LogP contribution in [0.25, 0.3) is 0 Å². The second-order valence-corrected chi connectivity index (χ2v) is 8.18. The molecule has 1 heterocycles. The topological polar surface area (TPSA) is 65.0 Å². The van der Waals surface area contributed by atoms with Crippen LogP contribution in [0.1, 0.15) is 58.3 Å². The van der Waals surface area contributed by atoms with Gasteiger partial charge < -0.3 is 9.63 Å². The van der Waals surface area contributed by atoms with E-state index in [0.29, 0.717) is 13.2 Å². The summed E-state index contributed by atoms with van der Waals surface area (Å²) in [5, 5.41) is 0. The van der Waals surface area contributed by atoms with Gasteiger partial charge in [-0.25, -0.2) is 4.57 Å². The standard InChI is InChI=1S/C23H37O5P/c1-2-3-4-5-6-7-8-9-10-11-12-13-14-15-16-17-18-19-20-26-21-23-22-27-29(24,25)28-23/h3-4,6-7,9-10,12-13,15-16,23H,2,5,8,11,14,17-22H2,1H3,(H,24,25)/b4-3+,7-6+,10-9+,13-12+,16-15+. The molecule has 0 saturated carbocycles. The molecule has 2 atom stereocenters. The van der Waals surface area contributed by atoms with Gasteiger partial charge in [0.1, 0.15) is 6.10 Å². The minimum atomic E-state index is -3.80. The third kappa shape index (κ3) is 16.3. The maximum Gasteiger partial charge on any atom is 0.472 e. The predicted molar refractivity (Wildman–Crippen MR) is 120 cm³/mol. The third-order valence-corrected chi connectivity index (χ3v) is 5.12. The van der Waals surface area contributed by atoms with E-state index in [1.807, 2.05) is 0 Å². The summed E-state index contributed by atoms with van der Waals surface area (Å²) in [4.78, 5) is 9.07. The van der Waals surface area contributed by atoms with Crippen molar-refractivity contribution in [3.8, 4) is 0 Å². The average Bonchev–Trinajstić information content (AvgIpc) is 3.05. The molecule has 0 amide bonds. The van der Waals surface area contributed by atoms with Gasteiger partial charge in [0, 0.05) is 6.61 Å². The first-order valence-electron chi connectivity index (χ1n) is 10.6. The Hall–Kier alpha value is -1.23.